The summed E-state index contributed by atoms with van der Waals surface area (Å²) < 4.78 is 1.11. The van der Waals surface area contributed by atoms with E-state index in [2.05, 4.69) is 33.0 Å². The number of hydrogen-bond acceptors (Lipinski definition) is 5. The maximum Gasteiger partial charge on any atom is 0.259 e. The van der Waals surface area contributed by atoms with Crippen molar-refractivity contribution in [3.63, 3.8) is 0 Å². The lowest BCUT2D eigenvalue weighted by atomic mass is 9.74. The quantitative estimate of drug-likeness (QED) is 0.674. The lowest BCUT2D eigenvalue weighted by molar-refractivity contribution is -0.119. The Balaban J connectivity index is 1.30. The fraction of sp³-hybridized carbons (Fsp3) is 0.312. The van der Waals surface area contributed by atoms with Crippen molar-refractivity contribution in [1.82, 2.24) is 10.4 Å². The van der Waals surface area contributed by atoms with Gasteiger partial charge in [0.05, 0.1) is 16.8 Å². The second-order valence-corrected chi connectivity index (χ2v) is 6.65. The largest absolute Gasteiger partial charge is 0.352 e. The molecular formula is C16H16N4OS. The van der Waals surface area contributed by atoms with Crippen LogP contribution in [0.5, 0.6) is 0 Å². The van der Waals surface area contributed by atoms with Crippen molar-refractivity contribution in [2.75, 3.05) is 11.9 Å². The average Bonchev–Trinajstić information content (AvgIpc) is 3.09. The first-order valence-corrected chi connectivity index (χ1v) is 8.22. The molecule has 6 heteroatoms. The normalized spacial score (nSPS) is 24.3. The number of allylic oxidation sites excluding steroid dienone is 2. The zero-order valence-corrected chi connectivity index (χ0v) is 12.8. The van der Waals surface area contributed by atoms with Gasteiger partial charge in [0.2, 0.25) is 0 Å². The zero-order valence-electron chi connectivity index (χ0n) is 12.0. The number of amides is 1. The molecule has 1 heterocycles. The summed E-state index contributed by atoms with van der Waals surface area (Å²) in [5.41, 5.74) is 4.70. The lowest BCUT2D eigenvalue weighted by Gasteiger charge is -2.31. The molecule has 1 fully saturated rings. The van der Waals surface area contributed by atoms with Gasteiger partial charge in [-0.25, -0.2) is 10.4 Å². The highest BCUT2D eigenvalue weighted by atomic mass is 32.1. The molecule has 22 heavy (non-hydrogen) atoms. The highest BCUT2D eigenvalue weighted by Gasteiger charge is 2.37. The Morgan fingerprint density at radius 2 is 2.32 bits per heavy atom. The number of hydrazone groups is 1. The molecule has 0 aliphatic heterocycles. The van der Waals surface area contributed by atoms with Crippen molar-refractivity contribution < 1.29 is 4.79 Å². The molecule has 0 saturated heterocycles. The summed E-state index contributed by atoms with van der Waals surface area (Å²) in [7, 11) is 0. The van der Waals surface area contributed by atoms with Crippen LogP contribution in [0, 0.1) is 11.8 Å². The summed E-state index contributed by atoms with van der Waals surface area (Å²) in [4.78, 5) is 16.3. The molecule has 2 aromatic rings. The highest BCUT2D eigenvalue weighted by Crippen LogP contribution is 2.40. The summed E-state index contributed by atoms with van der Waals surface area (Å²) in [5, 5.41) is 8.06. The minimum Gasteiger partial charge on any atom is -0.352 e. The number of benzene rings is 1. The molecule has 2 aliphatic rings. The van der Waals surface area contributed by atoms with E-state index >= 15 is 0 Å². The van der Waals surface area contributed by atoms with E-state index in [1.807, 2.05) is 24.3 Å². The standard InChI is InChI=1S/C16H16N4OS/c21-15(20-19-13-8-10-4-3-5-11(10)13)9-17-16-18-12-6-1-2-7-14(12)22-16/h1-4,6-7,10-11H,5,8-9H2,(H,17,18)(H,20,21)/b19-13-/t10-,11-/m1/s1. The summed E-state index contributed by atoms with van der Waals surface area (Å²) >= 11 is 1.55. The first kappa shape index (κ1) is 13.5. The average molecular weight is 312 g/mol. The predicted octanol–water partition coefficient (Wildman–Crippen LogP) is 2.78. The maximum atomic E-state index is 11.8. The van der Waals surface area contributed by atoms with E-state index in [1.165, 1.54) is 0 Å². The number of carbonyl (C=O) groups is 1. The molecule has 0 radical (unpaired) electrons. The molecular weight excluding hydrogens is 296 g/mol. The number of fused-ring (bicyclic) bond motifs is 2. The number of carbonyl (C=O) groups excluding carboxylic acids is 1. The van der Waals surface area contributed by atoms with E-state index in [9.17, 15) is 4.79 Å². The number of aromatic nitrogens is 1. The Labute approximate surface area is 132 Å². The van der Waals surface area contributed by atoms with Gasteiger partial charge in [-0.05, 0) is 30.9 Å². The van der Waals surface area contributed by atoms with Crippen molar-refractivity contribution in [2.24, 2.45) is 16.9 Å². The molecule has 2 aliphatic carbocycles. The summed E-state index contributed by atoms with van der Waals surface area (Å²) in [6.07, 6.45) is 6.49. The lowest BCUT2D eigenvalue weighted by Crippen LogP contribution is -2.36. The van der Waals surface area contributed by atoms with E-state index in [0.717, 1.165) is 33.9 Å². The Morgan fingerprint density at radius 1 is 1.41 bits per heavy atom. The van der Waals surface area contributed by atoms with Crippen molar-refractivity contribution in [3.05, 3.63) is 36.4 Å². The van der Waals surface area contributed by atoms with Crippen LogP contribution in [-0.2, 0) is 4.79 Å². The first-order valence-electron chi connectivity index (χ1n) is 7.41. The molecule has 4 rings (SSSR count). The van der Waals surface area contributed by atoms with Crippen LogP contribution in [0.15, 0.2) is 41.5 Å². The second kappa shape index (κ2) is 5.53. The molecule has 112 valence electrons. The van der Waals surface area contributed by atoms with E-state index in [4.69, 9.17) is 0 Å². The van der Waals surface area contributed by atoms with Crippen LogP contribution in [0.25, 0.3) is 10.2 Å². The molecule has 1 aromatic heterocycles. The third-order valence-electron chi connectivity index (χ3n) is 4.18. The van der Waals surface area contributed by atoms with Gasteiger partial charge in [-0.3, -0.25) is 4.79 Å². The molecule has 0 bridgehead atoms. The van der Waals surface area contributed by atoms with Gasteiger partial charge in [0, 0.05) is 11.6 Å². The molecule has 0 unspecified atom stereocenters. The Kier molecular flexibility index (Phi) is 3.38. The number of thiazole rings is 1. The third kappa shape index (κ3) is 2.50. The highest BCUT2D eigenvalue weighted by molar-refractivity contribution is 7.22. The Bertz CT molecular complexity index is 746. The van der Waals surface area contributed by atoms with Crippen LogP contribution in [-0.4, -0.2) is 23.1 Å². The van der Waals surface area contributed by atoms with Gasteiger partial charge in [0.1, 0.15) is 0 Å². The van der Waals surface area contributed by atoms with Crippen molar-refractivity contribution >= 4 is 38.3 Å². The predicted molar refractivity (Wildman–Crippen MR) is 89.0 cm³/mol. The summed E-state index contributed by atoms with van der Waals surface area (Å²) in [6, 6.07) is 7.92. The van der Waals surface area contributed by atoms with Crippen LogP contribution in [0.1, 0.15) is 12.8 Å². The Hall–Kier alpha value is -2.21. The van der Waals surface area contributed by atoms with Gasteiger partial charge < -0.3 is 5.32 Å². The smallest absolute Gasteiger partial charge is 0.259 e. The van der Waals surface area contributed by atoms with Crippen LogP contribution < -0.4 is 10.7 Å². The van der Waals surface area contributed by atoms with E-state index < -0.39 is 0 Å². The van der Waals surface area contributed by atoms with E-state index in [0.29, 0.717) is 11.8 Å². The van der Waals surface area contributed by atoms with Crippen LogP contribution in [0.4, 0.5) is 5.13 Å². The molecule has 2 atom stereocenters. The number of anilines is 1. The zero-order chi connectivity index (χ0) is 14.9. The fourth-order valence-corrected chi connectivity index (χ4v) is 3.80. The molecule has 1 aromatic carbocycles. The summed E-state index contributed by atoms with van der Waals surface area (Å²) in [6.45, 7) is 0.183. The van der Waals surface area contributed by atoms with Crippen LogP contribution in [0.3, 0.4) is 0 Å². The van der Waals surface area contributed by atoms with Gasteiger partial charge in [0.15, 0.2) is 5.13 Å². The van der Waals surface area contributed by atoms with Crippen molar-refractivity contribution in [2.45, 2.75) is 12.8 Å². The van der Waals surface area contributed by atoms with Gasteiger partial charge in [0.25, 0.3) is 5.91 Å². The van der Waals surface area contributed by atoms with E-state index in [1.54, 1.807) is 11.3 Å². The van der Waals surface area contributed by atoms with Crippen molar-refractivity contribution in [1.29, 1.82) is 0 Å². The monoisotopic (exact) mass is 312 g/mol. The number of rotatable bonds is 4. The van der Waals surface area contributed by atoms with Gasteiger partial charge in [-0.1, -0.05) is 35.6 Å². The number of nitrogens with zero attached hydrogens (tertiary/aromatic N) is 2. The number of para-hydroxylation sites is 1. The van der Waals surface area contributed by atoms with E-state index in [-0.39, 0.29) is 12.5 Å². The van der Waals surface area contributed by atoms with Crippen molar-refractivity contribution in [3.8, 4) is 0 Å². The second-order valence-electron chi connectivity index (χ2n) is 5.62. The fourth-order valence-electron chi connectivity index (χ4n) is 2.94. The Morgan fingerprint density at radius 3 is 3.18 bits per heavy atom. The van der Waals surface area contributed by atoms with Gasteiger partial charge in [-0.15, -0.1) is 0 Å². The number of nitrogens with one attached hydrogen (secondary N) is 2. The molecule has 5 nitrogen and oxygen atoms in total. The minimum atomic E-state index is -0.138. The third-order valence-corrected chi connectivity index (χ3v) is 5.18. The number of hydrogen-bond donors (Lipinski definition) is 2. The minimum absolute atomic E-state index is 0.138. The topological polar surface area (TPSA) is 66.4 Å². The van der Waals surface area contributed by atoms with Gasteiger partial charge in [-0.2, -0.15) is 5.10 Å². The maximum absolute atomic E-state index is 11.8. The molecule has 0 spiro atoms. The summed E-state index contributed by atoms with van der Waals surface area (Å²) in [5.74, 6) is 1.04. The van der Waals surface area contributed by atoms with Gasteiger partial charge >= 0.3 is 0 Å². The first-order chi connectivity index (χ1) is 10.8. The SMILES string of the molecule is O=C(CNc1nc2ccccc2s1)N/N=C1/C[C@H]2C=CC[C@@H]12. The molecule has 2 N–H and O–H groups in total. The molecule has 1 saturated carbocycles. The van der Waals surface area contributed by atoms with Crippen LogP contribution >= 0.6 is 11.3 Å². The van der Waals surface area contributed by atoms with Crippen LogP contribution in [0.2, 0.25) is 0 Å². The molecule has 1 amide bonds.